The Balaban J connectivity index is 1.58. The second-order valence-electron chi connectivity index (χ2n) is 6.40. The van der Waals surface area contributed by atoms with E-state index in [4.69, 9.17) is 0 Å². The molecule has 1 saturated carbocycles. The van der Waals surface area contributed by atoms with Crippen LogP contribution in [-0.4, -0.2) is 37.1 Å². The first-order valence-electron chi connectivity index (χ1n) is 8.32. The highest BCUT2D eigenvalue weighted by molar-refractivity contribution is 4.76. The van der Waals surface area contributed by atoms with Gasteiger partial charge in [0.25, 0.3) is 0 Å². The molecule has 1 aliphatic carbocycles. The molecule has 2 fully saturated rings. The highest BCUT2D eigenvalue weighted by atomic mass is 15.1. The third-order valence-corrected chi connectivity index (χ3v) is 4.95. The largest absolute Gasteiger partial charge is 0.313 e. The van der Waals surface area contributed by atoms with Gasteiger partial charge in [-0.2, -0.15) is 0 Å². The van der Waals surface area contributed by atoms with Crippen molar-refractivity contribution in [3.63, 3.8) is 0 Å². The Morgan fingerprint density at radius 3 is 2.22 bits per heavy atom. The molecule has 1 saturated heterocycles. The van der Waals surface area contributed by atoms with Crippen LogP contribution in [0.4, 0.5) is 0 Å². The van der Waals surface area contributed by atoms with Gasteiger partial charge in [0.15, 0.2) is 0 Å². The summed E-state index contributed by atoms with van der Waals surface area (Å²) in [6, 6.07) is 0.734. The van der Waals surface area contributed by atoms with Crippen molar-refractivity contribution in [1.29, 1.82) is 0 Å². The zero-order chi connectivity index (χ0) is 12.6. The van der Waals surface area contributed by atoms with Crippen LogP contribution in [0.15, 0.2) is 0 Å². The van der Waals surface area contributed by atoms with Crippen molar-refractivity contribution in [2.24, 2.45) is 5.92 Å². The van der Waals surface area contributed by atoms with Crippen molar-refractivity contribution in [1.82, 2.24) is 10.2 Å². The predicted octanol–water partition coefficient (Wildman–Crippen LogP) is 3.42. The summed E-state index contributed by atoms with van der Waals surface area (Å²) < 4.78 is 0. The van der Waals surface area contributed by atoms with Gasteiger partial charge < -0.3 is 10.2 Å². The Labute approximate surface area is 114 Å². The van der Waals surface area contributed by atoms with E-state index in [1.54, 1.807) is 0 Å². The maximum atomic E-state index is 3.78. The fourth-order valence-electron chi connectivity index (χ4n) is 3.61. The molecule has 0 aromatic carbocycles. The fraction of sp³-hybridized carbons (Fsp3) is 1.00. The van der Waals surface area contributed by atoms with E-state index in [9.17, 15) is 0 Å². The summed E-state index contributed by atoms with van der Waals surface area (Å²) in [6.45, 7) is 7.52. The average Bonchev–Trinajstić information content (AvgIpc) is 2.68. The van der Waals surface area contributed by atoms with Gasteiger partial charge in [-0.3, -0.25) is 0 Å². The van der Waals surface area contributed by atoms with Gasteiger partial charge in [-0.1, -0.05) is 32.1 Å². The molecule has 0 amide bonds. The summed E-state index contributed by atoms with van der Waals surface area (Å²) in [6.07, 6.45) is 13.0. The molecule has 0 radical (unpaired) electrons. The lowest BCUT2D eigenvalue weighted by Gasteiger charge is -2.29. The van der Waals surface area contributed by atoms with Crippen molar-refractivity contribution in [3.05, 3.63) is 0 Å². The minimum Gasteiger partial charge on any atom is -0.313 e. The average molecular weight is 252 g/mol. The Morgan fingerprint density at radius 1 is 0.944 bits per heavy atom. The van der Waals surface area contributed by atoms with Crippen molar-refractivity contribution in [3.8, 4) is 0 Å². The van der Waals surface area contributed by atoms with Gasteiger partial charge in [-0.15, -0.1) is 0 Å². The van der Waals surface area contributed by atoms with E-state index in [-0.39, 0.29) is 0 Å². The Morgan fingerprint density at radius 2 is 1.56 bits per heavy atom. The van der Waals surface area contributed by atoms with Gasteiger partial charge in [-0.25, -0.2) is 0 Å². The normalized spacial score (nSPS) is 25.8. The lowest BCUT2D eigenvalue weighted by Crippen LogP contribution is -2.40. The van der Waals surface area contributed by atoms with Crippen LogP contribution in [0.5, 0.6) is 0 Å². The number of rotatable bonds is 5. The Kier molecular flexibility index (Phi) is 6.50. The lowest BCUT2D eigenvalue weighted by atomic mass is 9.84. The molecule has 106 valence electrons. The van der Waals surface area contributed by atoms with Gasteiger partial charge in [0.1, 0.15) is 0 Å². The van der Waals surface area contributed by atoms with Gasteiger partial charge in [0, 0.05) is 19.1 Å². The molecule has 0 aromatic heterocycles. The molecule has 1 aliphatic heterocycles. The molecule has 1 N–H and O–H groups in total. The molecule has 1 unspecified atom stereocenters. The summed E-state index contributed by atoms with van der Waals surface area (Å²) in [5.74, 6) is 0.947. The first-order valence-corrected chi connectivity index (χ1v) is 8.32. The number of hydrogen-bond acceptors (Lipinski definition) is 2. The van der Waals surface area contributed by atoms with Crippen molar-refractivity contribution in [2.45, 2.75) is 70.8 Å². The standard InChI is InChI=1S/C16H32N2/c1-15(16-9-5-4-6-10-16)17-11-14-18-12-7-2-3-8-13-18/h15-17H,2-14H2,1H3. The quantitative estimate of drug-likeness (QED) is 0.806. The zero-order valence-corrected chi connectivity index (χ0v) is 12.3. The van der Waals surface area contributed by atoms with Crippen LogP contribution in [0.1, 0.15) is 64.7 Å². The second-order valence-corrected chi connectivity index (χ2v) is 6.40. The first-order chi connectivity index (χ1) is 8.86. The smallest absolute Gasteiger partial charge is 0.0107 e. The van der Waals surface area contributed by atoms with E-state index in [0.29, 0.717) is 0 Å². The molecule has 2 nitrogen and oxygen atoms in total. The number of nitrogens with one attached hydrogen (secondary N) is 1. The van der Waals surface area contributed by atoms with Crippen molar-refractivity contribution >= 4 is 0 Å². The fourth-order valence-corrected chi connectivity index (χ4v) is 3.61. The Hall–Kier alpha value is -0.0800. The second kappa shape index (κ2) is 8.16. The molecule has 18 heavy (non-hydrogen) atoms. The van der Waals surface area contributed by atoms with Crippen LogP contribution in [-0.2, 0) is 0 Å². The van der Waals surface area contributed by atoms with Gasteiger partial charge >= 0.3 is 0 Å². The minimum absolute atomic E-state index is 0.734. The monoisotopic (exact) mass is 252 g/mol. The third kappa shape index (κ3) is 4.89. The maximum absolute atomic E-state index is 3.78. The molecular weight excluding hydrogens is 220 g/mol. The molecule has 0 aromatic rings. The molecule has 0 spiro atoms. The first kappa shape index (κ1) is 14.3. The summed E-state index contributed by atoms with van der Waals surface area (Å²) >= 11 is 0. The SMILES string of the molecule is CC(NCCN1CCCCCC1)C1CCCCC1. The van der Waals surface area contributed by atoms with E-state index < -0.39 is 0 Å². The number of nitrogens with zero attached hydrogens (tertiary/aromatic N) is 1. The van der Waals surface area contributed by atoms with Crippen LogP contribution >= 0.6 is 0 Å². The van der Waals surface area contributed by atoms with Crippen LogP contribution in [0.25, 0.3) is 0 Å². The van der Waals surface area contributed by atoms with Gasteiger partial charge in [0.2, 0.25) is 0 Å². The van der Waals surface area contributed by atoms with E-state index in [2.05, 4.69) is 17.1 Å². The molecule has 2 aliphatic rings. The third-order valence-electron chi connectivity index (χ3n) is 4.95. The summed E-state index contributed by atoms with van der Waals surface area (Å²) in [7, 11) is 0. The highest BCUT2D eigenvalue weighted by Crippen LogP contribution is 2.26. The van der Waals surface area contributed by atoms with E-state index >= 15 is 0 Å². The molecule has 1 atom stereocenters. The minimum atomic E-state index is 0.734. The molecular formula is C16H32N2. The molecule has 0 bridgehead atoms. The topological polar surface area (TPSA) is 15.3 Å². The van der Waals surface area contributed by atoms with E-state index in [1.165, 1.54) is 84.0 Å². The molecule has 2 rings (SSSR count). The van der Waals surface area contributed by atoms with Crippen LogP contribution < -0.4 is 5.32 Å². The van der Waals surface area contributed by atoms with Gasteiger partial charge in [0.05, 0.1) is 0 Å². The summed E-state index contributed by atoms with van der Waals surface area (Å²) in [5.41, 5.74) is 0. The van der Waals surface area contributed by atoms with Crippen LogP contribution in [0.2, 0.25) is 0 Å². The van der Waals surface area contributed by atoms with Crippen molar-refractivity contribution < 1.29 is 0 Å². The number of hydrogen-bond donors (Lipinski definition) is 1. The van der Waals surface area contributed by atoms with Crippen LogP contribution in [0, 0.1) is 5.92 Å². The Bertz CT molecular complexity index is 203. The van der Waals surface area contributed by atoms with E-state index in [1.807, 2.05) is 0 Å². The highest BCUT2D eigenvalue weighted by Gasteiger charge is 2.19. The van der Waals surface area contributed by atoms with E-state index in [0.717, 1.165) is 12.0 Å². The van der Waals surface area contributed by atoms with Crippen molar-refractivity contribution in [2.75, 3.05) is 26.2 Å². The maximum Gasteiger partial charge on any atom is 0.0107 e. The van der Waals surface area contributed by atoms with Crippen LogP contribution in [0.3, 0.4) is 0 Å². The number of likely N-dealkylation sites (tertiary alicyclic amines) is 1. The summed E-state index contributed by atoms with van der Waals surface area (Å²) in [4.78, 5) is 2.66. The predicted molar refractivity (Wildman–Crippen MR) is 78.9 cm³/mol. The molecule has 1 heterocycles. The zero-order valence-electron chi connectivity index (χ0n) is 12.3. The molecule has 2 heteroatoms. The van der Waals surface area contributed by atoms with Gasteiger partial charge in [-0.05, 0) is 51.6 Å². The summed E-state index contributed by atoms with van der Waals surface area (Å²) in [5, 5.41) is 3.78. The lowest BCUT2D eigenvalue weighted by molar-refractivity contribution is 0.250.